The second-order valence-corrected chi connectivity index (χ2v) is 21.2. The van der Waals surface area contributed by atoms with Crippen molar-refractivity contribution in [2.24, 2.45) is 7.05 Å². The number of benzene rings is 3. The van der Waals surface area contributed by atoms with Crippen molar-refractivity contribution in [3.05, 3.63) is 98.0 Å². The molecule has 5 aromatic rings. The molecule has 5 heterocycles. The lowest BCUT2D eigenvalue weighted by Gasteiger charge is -2.45. The highest BCUT2D eigenvalue weighted by Gasteiger charge is 2.42. The van der Waals surface area contributed by atoms with Crippen LogP contribution in [0.5, 0.6) is 5.75 Å². The molecule has 3 saturated heterocycles. The molecule has 0 bridgehead atoms. The molecule has 0 radical (unpaired) electrons. The van der Waals surface area contributed by atoms with E-state index in [4.69, 9.17) is 21.4 Å². The number of anilines is 2. The summed E-state index contributed by atoms with van der Waals surface area (Å²) in [6.07, 6.45) is 2.40. The molecule has 3 aliphatic rings. The minimum absolute atomic E-state index is 0.0241. The Bertz CT molecular complexity index is 3030. The lowest BCUT2D eigenvalue weighted by molar-refractivity contribution is -0.139. The number of hydrogen-bond donors (Lipinski definition) is 5. The van der Waals surface area contributed by atoms with Gasteiger partial charge in [-0.05, 0) is 105 Å². The monoisotopic (exact) mass is 993 g/mol. The van der Waals surface area contributed by atoms with Gasteiger partial charge < -0.3 is 30.5 Å². The van der Waals surface area contributed by atoms with Crippen LogP contribution >= 0.6 is 22.9 Å². The molecule has 3 aromatic carbocycles. The summed E-state index contributed by atoms with van der Waals surface area (Å²) in [6.45, 7) is 3.78. The minimum atomic E-state index is -3.95. The number of rotatable bonds is 13. The number of nitrogens with zero attached hydrogens (tertiary/aromatic N) is 4. The van der Waals surface area contributed by atoms with E-state index < -0.39 is 63.7 Å². The van der Waals surface area contributed by atoms with Gasteiger partial charge >= 0.3 is 23.7 Å². The molecule has 18 nitrogen and oxygen atoms in total. The number of aromatic carboxylic acids is 1. The van der Waals surface area contributed by atoms with Crippen molar-refractivity contribution in [3.8, 4) is 16.2 Å². The highest BCUT2D eigenvalue weighted by atomic mass is 35.5. The van der Waals surface area contributed by atoms with Crippen molar-refractivity contribution in [3.63, 3.8) is 0 Å². The zero-order chi connectivity index (χ0) is 48.8. The Hall–Kier alpha value is -6.29. The predicted octanol–water partition coefficient (Wildman–Crippen LogP) is 6.60. The Morgan fingerprint density at radius 3 is 2.41 bits per heavy atom. The summed E-state index contributed by atoms with van der Waals surface area (Å²) >= 11 is 7.37. The molecule has 8 rings (SSSR count). The first-order chi connectivity index (χ1) is 32.2. The van der Waals surface area contributed by atoms with E-state index in [-0.39, 0.29) is 64.3 Å². The molecule has 1 unspecified atom stereocenters. The van der Waals surface area contributed by atoms with E-state index in [9.17, 15) is 42.3 Å². The Balaban J connectivity index is 0.873. The Morgan fingerprint density at radius 2 is 1.72 bits per heavy atom. The number of amides is 4. The smallest absolute Gasteiger partial charge is 0.349 e. The number of imide groups is 1. The molecule has 68 heavy (non-hydrogen) atoms. The van der Waals surface area contributed by atoms with E-state index in [0.29, 0.717) is 71.5 Å². The molecular formula is C46H49ClFN7O11S2. The summed E-state index contributed by atoms with van der Waals surface area (Å²) < 4.78 is 52.8. The minimum Gasteiger partial charge on any atom is -0.479 e. The topological polar surface area (TPSA) is 239 Å². The number of ether oxygens (including phenoxy) is 1. The fraction of sp³-hybridized carbons (Fsp3) is 0.391. The standard InChI is InChI=1S/C46H49ClFN7O11S2/c1-46(2)22-30(49-29-6-4-5-28(20-29)40-38(47)39(66-23-37(57)58)41(67-40)43(60)61)15-18-54(46)68(64,65)24-25-7-9-31(48)32(19-25)50-44(62)53-16-13-26(14-17-53)27-8-10-33-35(21-27)52(3)45(63)55(33)34-11-12-36(56)51-42(34)59/h4-10,19-21,26,30,34,49H,11-18,22-24H2,1-3H3,(H,50,62)(H,57,58)(H,60,61)(H,51,56,59)/t30-,34?/m0/s1. The average Bonchev–Trinajstić information content (AvgIpc) is 3.74. The Morgan fingerprint density at radius 1 is 0.971 bits per heavy atom. The first kappa shape index (κ1) is 48.2. The fourth-order valence-corrected chi connectivity index (χ4v) is 12.9. The number of urea groups is 1. The lowest BCUT2D eigenvalue weighted by atomic mass is 9.89. The third-order valence-electron chi connectivity index (χ3n) is 12.8. The number of aliphatic carboxylic acids is 1. The molecule has 22 heteroatoms. The number of fused-ring (bicyclic) bond motifs is 1. The van der Waals surface area contributed by atoms with Crippen LogP contribution < -0.4 is 26.4 Å². The number of carboxylic acid groups (broad SMARTS) is 2. The number of nitrogens with one attached hydrogen (secondary N) is 3. The second kappa shape index (κ2) is 19.0. The van der Waals surface area contributed by atoms with Gasteiger partial charge in [0.05, 0.1) is 27.4 Å². The van der Waals surface area contributed by atoms with Crippen molar-refractivity contribution in [2.75, 3.05) is 36.9 Å². The third kappa shape index (κ3) is 9.83. The molecule has 0 spiro atoms. The van der Waals surface area contributed by atoms with E-state index in [1.807, 2.05) is 32.0 Å². The van der Waals surface area contributed by atoms with Gasteiger partial charge in [0.15, 0.2) is 17.2 Å². The molecule has 0 aliphatic carbocycles. The number of imidazole rings is 1. The second-order valence-electron chi connectivity index (χ2n) is 17.9. The van der Waals surface area contributed by atoms with E-state index in [2.05, 4.69) is 16.0 Å². The Kier molecular flexibility index (Phi) is 13.5. The number of halogens is 2. The average molecular weight is 995 g/mol. The van der Waals surface area contributed by atoms with E-state index >= 15 is 4.39 Å². The summed E-state index contributed by atoms with van der Waals surface area (Å²) in [5.41, 5.74) is 2.37. The number of likely N-dealkylation sites (tertiary alicyclic amines) is 1. The molecule has 2 aromatic heterocycles. The molecule has 0 saturated carbocycles. The van der Waals surface area contributed by atoms with Crippen LogP contribution in [-0.2, 0) is 37.2 Å². The van der Waals surface area contributed by atoms with Gasteiger partial charge in [-0.2, -0.15) is 4.31 Å². The van der Waals surface area contributed by atoms with Crippen LogP contribution in [0.3, 0.4) is 0 Å². The largest absolute Gasteiger partial charge is 0.479 e. The number of aromatic nitrogens is 2. The summed E-state index contributed by atoms with van der Waals surface area (Å²) in [5, 5.41) is 27.1. The van der Waals surface area contributed by atoms with Gasteiger partial charge in [0.25, 0.3) is 0 Å². The number of aryl methyl sites for hydroxylation is 1. The van der Waals surface area contributed by atoms with E-state index in [1.54, 1.807) is 36.2 Å². The molecular weight excluding hydrogens is 945 g/mol. The molecule has 360 valence electrons. The number of carboxylic acids is 2. The van der Waals surface area contributed by atoms with Crippen LogP contribution in [0, 0.1) is 5.82 Å². The highest BCUT2D eigenvalue weighted by Crippen LogP contribution is 2.46. The maximum atomic E-state index is 15.2. The highest BCUT2D eigenvalue weighted by molar-refractivity contribution is 7.88. The normalized spacial score (nSPS) is 19.2. The number of hydrogen-bond acceptors (Lipinski definition) is 11. The van der Waals surface area contributed by atoms with Crippen LogP contribution in [0.2, 0.25) is 5.02 Å². The van der Waals surface area contributed by atoms with E-state index in [1.165, 1.54) is 25.6 Å². The predicted molar refractivity (Wildman–Crippen MR) is 252 cm³/mol. The quantitative estimate of drug-likeness (QED) is 0.0785. The third-order valence-corrected chi connectivity index (χ3v) is 16.5. The van der Waals surface area contributed by atoms with Gasteiger partial charge in [0, 0.05) is 50.4 Å². The van der Waals surface area contributed by atoms with Gasteiger partial charge in [-0.1, -0.05) is 35.9 Å². The van der Waals surface area contributed by atoms with Crippen LogP contribution in [0.15, 0.2) is 65.5 Å². The zero-order valence-corrected chi connectivity index (χ0v) is 39.6. The van der Waals surface area contributed by atoms with E-state index in [0.717, 1.165) is 23.0 Å². The molecule has 2 atom stereocenters. The van der Waals surface area contributed by atoms with Crippen LogP contribution in [0.25, 0.3) is 21.5 Å². The number of piperidine rings is 3. The fourth-order valence-electron chi connectivity index (χ4n) is 9.51. The van der Waals surface area contributed by atoms with Crippen LogP contribution in [0.1, 0.15) is 85.1 Å². The number of carbonyl (C=O) groups excluding carboxylic acids is 3. The van der Waals surface area contributed by atoms with Gasteiger partial charge in [-0.15, -0.1) is 11.3 Å². The maximum absolute atomic E-state index is 15.2. The number of carbonyl (C=O) groups is 5. The SMILES string of the molecule is Cn1c(=O)n(C2CCC(=O)NC2=O)c2ccc(C3CCN(C(=O)Nc4cc(CS(=O)(=O)N5CC[C@H](Nc6cccc(-c7sc(C(=O)O)c(OCC(=O)O)c7Cl)c6)CC5(C)C)ccc4F)CC3)cc21. The van der Waals surface area contributed by atoms with Crippen molar-refractivity contribution >= 4 is 85.2 Å². The molecule has 3 aliphatic heterocycles. The van der Waals surface area contributed by atoms with Gasteiger partial charge in [0.2, 0.25) is 21.8 Å². The van der Waals surface area contributed by atoms with Crippen molar-refractivity contribution in [1.29, 1.82) is 0 Å². The first-order valence-corrected chi connectivity index (χ1v) is 24.7. The van der Waals surface area contributed by atoms with Crippen molar-refractivity contribution in [1.82, 2.24) is 23.7 Å². The van der Waals surface area contributed by atoms with Gasteiger partial charge in [-0.25, -0.2) is 32.0 Å². The summed E-state index contributed by atoms with van der Waals surface area (Å²) in [7, 11) is -2.31. The molecule has 5 N–H and O–H groups in total. The number of thiophene rings is 1. The summed E-state index contributed by atoms with van der Waals surface area (Å²) in [4.78, 5) is 75.8. The number of sulfonamides is 1. The zero-order valence-electron chi connectivity index (χ0n) is 37.2. The van der Waals surface area contributed by atoms with Gasteiger partial charge in [0.1, 0.15) is 16.9 Å². The maximum Gasteiger partial charge on any atom is 0.349 e. The van der Waals surface area contributed by atoms with Gasteiger partial charge in [-0.3, -0.25) is 24.0 Å². The van der Waals surface area contributed by atoms with Crippen LogP contribution in [-0.4, -0.2) is 105 Å². The Labute approximate surface area is 398 Å². The summed E-state index contributed by atoms with van der Waals surface area (Å²) in [5.74, 6) is -4.81. The summed E-state index contributed by atoms with van der Waals surface area (Å²) in [6, 6.07) is 15.1. The van der Waals surface area contributed by atoms with Crippen LogP contribution in [0.4, 0.5) is 20.6 Å². The van der Waals surface area contributed by atoms with Crippen molar-refractivity contribution in [2.45, 2.75) is 81.7 Å². The first-order valence-electron chi connectivity index (χ1n) is 21.9. The van der Waals surface area contributed by atoms with Crippen molar-refractivity contribution < 1.29 is 51.7 Å². The molecule has 3 fully saturated rings. The lowest BCUT2D eigenvalue weighted by Crippen LogP contribution is -2.55. The molecule has 4 amide bonds.